The van der Waals surface area contributed by atoms with Gasteiger partial charge in [0.25, 0.3) is 5.91 Å². The third-order valence-corrected chi connectivity index (χ3v) is 4.78. The number of carbonyl (C=O) groups excluding carboxylic acids is 1. The first-order valence-corrected chi connectivity index (χ1v) is 9.04. The lowest BCUT2D eigenvalue weighted by Gasteiger charge is -2.17. The number of nitrogens with one attached hydrogen (secondary N) is 1. The normalized spacial score (nSPS) is 13.8. The van der Waals surface area contributed by atoms with Crippen LogP contribution in [-0.4, -0.2) is 39.4 Å². The van der Waals surface area contributed by atoms with Crippen LogP contribution in [0.3, 0.4) is 0 Å². The van der Waals surface area contributed by atoms with Crippen LogP contribution in [0.1, 0.15) is 34.3 Å². The predicted octanol–water partition coefficient (Wildman–Crippen LogP) is 3.38. The van der Waals surface area contributed by atoms with E-state index in [1.807, 2.05) is 43.3 Å². The monoisotopic (exact) mass is 367 g/mol. The summed E-state index contributed by atoms with van der Waals surface area (Å²) in [5, 5.41) is 4.07. The summed E-state index contributed by atoms with van der Waals surface area (Å²) in [6, 6.07) is 11.3. The van der Waals surface area contributed by atoms with Crippen molar-refractivity contribution in [3.05, 3.63) is 53.1 Å². The molecule has 1 amide bonds. The topological polar surface area (TPSA) is 63.2 Å². The van der Waals surface area contributed by atoms with Gasteiger partial charge in [-0.15, -0.1) is 0 Å². The molecule has 1 heterocycles. The minimum absolute atomic E-state index is 0.247. The molecular weight excluding hydrogens is 342 g/mol. The van der Waals surface area contributed by atoms with Gasteiger partial charge < -0.3 is 14.4 Å². The fourth-order valence-electron chi connectivity index (χ4n) is 3.31. The van der Waals surface area contributed by atoms with Crippen LogP contribution in [0, 0.1) is 6.92 Å². The van der Waals surface area contributed by atoms with E-state index in [0.29, 0.717) is 11.3 Å². The van der Waals surface area contributed by atoms with Gasteiger partial charge in [0, 0.05) is 35.5 Å². The van der Waals surface area contributed by atoms with Crippen LogP contribution in [0.4, 0.5) is 5.69 Å². The molecule has 6 nitrogen and oxygen atoms in total. The summed E-state index contributed by atoms with van der Waals surface area (Å²) >= 11 is 0. The molecule has 0 saturated carbocycles. The fraction of sp³-hybridized carbons (Fsp3) is 0.333. The number of benzene rings is 2. The fourth-order valence-corrected chi connectivity index (χ4v) is 3.31. The molecule has 0 atom stereocenters. The summed E-state index contributed by atoms with van der Waals surface area (Å²) in [7, 11) is 3.21. The lowest BCUT2D eigenvalue weighted by Crippen LogP contribution is -2.19. The third-order valence-electron chi connectivity index (χ3n) is 4.78. The zero-order valence-corrected chi connectivity index (χ0v) is 16.0. The van der Waals surface area contributed by atoms with E-state index < -0.39 is 0 Å². The van der Waals surface area contributed by atoms with Crippen molar-refractivity contribution in [1.29, 1.82) is 0 Å². The van der Waals surface area contributed by atoms with Gasteiger partial charge in [-0.1, -0.05) is 0 Å². The van der Waals surface area contributed by atoms with Crippen molar-refractivity contribution in [2.45, 2.75) is 19.8 Å². The van der Waals surface area contributed by atoms with Crippen molar-refractivity contribution in [2.75, 3.05) is 32.2 Å². The van der Waals surface area contributed by atoms with Crippen LogP contribution in [0.2, 0.25) is 0 Å². The lowest BCUT2D eigenvalue weighted by molar-refractivity contribution is 0.0955. The maximum atomic E-state index is 12.3. The van der Waals surface area contributed by atoms with E-state index in [9.17, 15) is 4.79 Å². The van der Waals surface area contributed by atoms with Gasteiger partial charge in [-0.05, 0) is 56.2 Å². The standard InChI is InChI=1S/C21H25N3O3/c1-15-19(26-2)11-8-17(20(15)27-3)14-22-23-21(25)16-6-9-18(10-7-16)24-12-4-5-13-24/h6-11,14H,4-5,12-13H2,1-3H3,(H,23,25)/b22-14-. The van der Waals surface area contributed by atoms with Crippen molar-refractivity contribution < 1.29 is 14.3 Å². The van der Waals surface area contributed by atoms with Gasteiger partial charge in [0.1, 0.15) is 11.5 Å². The average molecular weight is 367 g/mol. The largest absolute Gasteiger partial charge is 0.496 e. The van der Waals surface area contributed by atoms with Gasteiger partial charge in [-0.3, -0.25) is 4.79 Å². The van der Waals surface area contributed by atoms with Gasteiger partial charge >= 0.3 is 0 Å². The quantitative estimate of drug-likeness (QED) is 0.628. The predicted molar refractivity (Wildman–Crippen MR) is 107 cm³/mol. The highest BCUT2D eigenvalue weighted by Gasteiger charge is 2.13. The molecule has 0 aliphatic carbocycles. The van der Waals surface area contributed by atoms with Crippen molar-refractivity contribution in [3.63, 3.8) is 0 Å². The molecule has 1 aliphatic rings. The smallest absolute Gasteiger partial charge is 0.271 e. The summed E-state index contributed by atoms with van der Waals surface area (Å²) < 4.78 is 10.7. The minimum Gasteiger partial charge on any atom is -0.496 e. The van der Waals surface area contributed by atoms with E-state index >= 15 is 0 Å². The first-order chi connectivity index (χ1) is 13.1. The molecule has 27 heavy (non-hydrogen) atoms. The van der Waals surface area contributed by atoms with Crippen LogP contribution in [0.25, 0.3) is 0 Å². The van der Waals surface area contributed by atoms with Crippen molar-refractivity contribution >= 4 is 17.8 Å². The van der Waals surface area contributed by atoms with Gasteiger partial charge in [-0.25, -0.2) is 5.43 Å². The van der Waals surface area contributed by atoms with E-state index in [1.54, 1.807) is 20.4 Å². The lowest BCUT2D eigenvalue weighted by atomic mass is 10.1. The number of hydrogen-bond acceptors (Lipinski definition) is 5. The second-order valence-electron chi connectivity index (χ2n) is 6.46. The molecule has 0 radical (unpaired) electrons. The van der Waals surface area contributed by atoms with Crippen LogP contribution < -0.4 is 19.8 Å². The Balaban J connectivity index is 1.66. The minimum atomic E-state index is -0.247. The molecule has 0 aromatic heterocycles. The third kappa shape index (κ3) is 4.22. The SMILES string of the molecule is COc1ccc(/C=N\NC(=O)c2ccc(N3CCCC3)cc2)c(OC)c1C. The summed E-state index contributed by atoms with van der Waals surface area (Å²) in [5.74, 6) is 1.16. The molecule has 142 valence electrons. The Hall–Kier alpha value is -3.02. The Morgan fingerprint density at radius 2 is 1.78 bits per heavy atom. The zero-order valence-electron chi connectivity index (χ0n) is 16.0. The Kier molecular flexibility index (Phi) is 5.96. The Bertz CT molecular complexity index is 825. The Morgan fingerprint density at radius 3 is 2.41 bits per heavy atom. The van der Waals surface area contributed by atoms with Crippen LogP contribution in [0.5, 0.6) is 11.5 Å². The summed E-state index contributed by atoms with van der Waals surface area (Å²) in [4.78, 5) is 14.6. The van der Waals surface area contributed by atoms with Gasteiger partial charge in [0.15, 0.2) is 0 Å². The highest BCUT2D eigenvalue weighted by atomic mass is 16.5. The molecule has 1 saturated heterocycles. The van der Waals surface area contributed by atoms with E-state index in [-0.39, 0.29) is 5.91 Å². The van der Waals surface area contributed by atoms with Gasteiger partial charge in [0.05, 0.1) is 20.4 Å². The molecule has 0 unspecified atom stereocenters. The Labute approximate surface area is 159 Å². The highest BCUT2D eigenvalue weighted by molar-refractivity contribution is 5.95. The number of hydrogen-bond donors (Lipinski definition) is 1. The number of nitrogens with zero attached hydrogens (tertiary/aromatic N) is 2. The molecule has 2 aromatic carbocycles. The number of hydrazone groups is 1. The number of carbonyl (C=O) groups is 1. The summed E-state index contributed by atoms with van der Waals surface area (Å²) in [6.45, 7) is 4.08. The van der Waals surface area contributed by atoms with Crippen molar-refractivity contribution in [3.8, 4) is 11.5 Å². The van der Waals surface area contributed by atoms with E-state index in [1.165, 1.54) is 12.8 Å². The first kappa shape index (κ1) is 18.8. The van der Waals surface area contributed by atoms with Crippen molar-refractivity contribution in [2.24, 2.45) is 5.10 Å². The molecule has 3 rings (SSSR count). The van der Waals surface area contributed by atoms with Gasteiger partial charge in [-0.2, -0.15) is 5.10 Å². The molecule has 6 heteroatoms. The van der Waals surface area contributed by atoms with Crippen LogP contribution in [-0.2, 0) is 0 Å². The number of amides is 1. The molecule has 1 N–H and O–H groups in total. The van der Waals surface area contributed by atoms with Crippen LogP contribution >= 0.6 is 0 Å². The number of ether oxygens (including phenoxy) is 2. The zero-order chi connectivity index (χ0) is 19.2. The number of anilines is 1. The molecule has 1 aliphatic heterocycles. The van der Waals surface area contributed by atoms with E-state index in [2.05, 4.69) is 15.4 Å². The summed E-state index contributed by atoms with van der Waals surface area (Å²) in [5.41, 5.74) is 5.95. The molecule has 0 spiro atoms. The maximum Gasteiger partial charge on any atom is 0.271 e. The van der Waals surface area contributed by atoms with Crippen LogP contribution in [0.15, 0.2) is 41.5 Å². The van der Waals surface area contributed by atoms with E-state index in [0.717, 1.165) is 35.7 Å². The molecular formula is C21H25N3O3. The average Bonchev–Trinajstić information content (AvgIpc) is 3.23. The second-order valence-corrected chi connectivity index (χ2v) is 6.46. The van der Waals surface area contributed by atoms with E-state index in [4.69, 9.17) is 9.47 Å². The Morgan fingerprint density at radius 1 is 1.07 bits per heavy atom. The molecule has 0 bridgehead atoms. The maximum absolute atomic E-state index is 12.3. The molecule has 1 fully saturated rings. The highest BCUT2D eigenvalue weighted by Crippen LogP contribution is 2.30. The second kappa shape index (κ2) is 8.58. The number of methoxy groups -OCH3 is 2. The first-order valence-electron chi connectivity index (χ1n) is 9.04. The number of rotatable bonds is 6. The molecule has 2 aromatic rings. The van der Waals surface area contributed by atoms with Crippen molar-refractivity contribution in [1.82, 2.24) is 5.43 Å². The summed E-state index contributed by atoms with van der Waals surface area (Å²) in [6.07, 6.45) is 4.03. The van der Waals surface area contributed by atoms with Gasteiger partial charge in [0.2, 0.25) is 0 Å².